The molecule has 0 saturated carbocycles. The van der Waals surface area contributed by atoms with Gasteiger partial charge in [-0.25, -0.2) is 4.79 Å². The first-order valence-corrected chi connectivity index (χ1v) is 9.01. The van der Waals surface area contributed by atoms with Crippen LogP contribution < -0.4 is 5.32 Å². The van der Waals surface area contributed by atoms with Crippen molar-refractivity contribution in [1.29, 1.82) is 0 Å². The van der Waals surface area contributed by atoms with Crippen LogP contribution in [0.25, 0.3) is 11.5 Å². The fraction of sp³-hybridized carbons (Fsp3) is 0.368. The van der Waals surface area contributed by atoms with E-state index in [1.807, 2.05) is 53.3 Å². The number of nitrogens with zero attached hydrogens (tertiary/aromatic N) is 5. The molecule has 1 aromatic carbocycles. The minimum Gasteiger partial charge on any atom is -0.421 e. The molecule has 1 unspecified atom stereocenters. The number of aromatic nitrogens is 4. The maximum atomic E-state index is 12.5. The van der Waals surface area contributed by atoms with Crippen LogP contribution in [-0.2, 0) is 13.5 Å². The summed E-state index contributed by atoms with van der Waals surface area (Å²) >= 11 is 0. The number of aryl methyl sites for hydroxylation is 2. The molecule has 140 valence electrons. The molecule has 0 aliphatic carbocycles. The van der Waals surface area contributed by atoms with E-state index in [1.165, 1.54) is 5.56 Å². The standard InChI is InChI=1S/C19H22N6O2/c1-13-22-23-18(27-13)16-3-5-17(6-4-16)21-19(26)25-8-7-14(12-25)9-15-10-20-24(2)11-15/h3-6,10-11,14H,7-9,12H2,1-2H3,(H,21,26). The maximum Gasteiger partial charge on any atom is 0.321 e. The number of nitrogens with one attached hydrogen (secondary N) is 1. The fourth-order valence-electron chi connectivity index (χ4n) is 3.41. The second kappa shape index (κ2) is 7.22. The first kappa shape index (κ1) is 17.3. The van der Waals surface area contributed by atoms with Crippen LogP contribution >= 0.6 is 0 Å². The van der Waals surface area contributed by atoms with E-state index in [4.69, 9.17) is 4.42 Å². The van der Waals surface area contributed by atoms with Gasteiger partial charge in [0.15, 0.2) is 0 Å². The Labute approximate surface area is 157 Å². The number of urea groups is 1. The molecular formula is C19H22N6O2. The van der Waals surface area contributed by atoms with Gasteiger partial charge in [-0.3, -0.25) is 4.68 Å². The van der Waals surface area contributed by atoms with Crippen molar-refractivity contribution in [3.8, 4) is 11.5 Å². The maximum absolute atomic E-state index is 12.5. The number of carbonyl (C=O) groups excluding carboxylic acids is 1. The van der Waals surface area contributed by atoms with E-state index in [9.17, 15) is 4.79 Å². The predicted molar refractivity (Wildman–Crippen MR) is 100 cm³/mol. The number of hydrogen-bond acceptors (Lipinski definition) is 5. The van der Waals surface area contributed by atoms with Gasteiger partial charge in [0.25, 0.3) is 0 Å². The smallest absolute Gasteiger partial charge is 0.321 e. The van der Waals surface area contributed by atoms with Crippen molar-refractivity contribution in [3.05, 3.63) is 48.1 Å². The highest BCUT2D eigenvalue weighted by Gasteiger charge is 2.26. The van der Waals surface area contributed by atoms with E-state index < -0.39 is 0 Å². The molecule has 1 saturated heterocycles. The molecule has 2 aromatic heterocycles. The lowest BCUT2D eigenvalue weighted by atomic mass is 10.0. The van der Waals surface area contributed by atoms with Crippen LogP contribution in [0, 0.1) is 12.8 Å². The zero-order chi connectivity index (χ0) is 18.8. The molecule has 4 rings (SSSR count). The average molecular weight is 366 g/mol. The Kier molecular flexibility index (Phi) is 4.62. The molecule has 8 nitrogen and oxygen atoms in total. The van der Waals surface area contributed by atoms with E-state index in [0.29, 0.717) is 17.7 Å². The highest BCUT2D eigenvalue weighted by Crippen LogP contribution is 2.23. The van der Waals surface area contributed by atoms with Gasteiger partial charge in [0.2, 0.25) is 11.8 Å². The highest BCUT2D eigenvalue weighted by molar-refractivity contribution is 5.89. The van der Waals surface area contributed by atoms with Crippen LogP contribution in [0.4, 0.5) is 10.5 Å². The Balaban J connectivity index is 1.32. The summed E-state index contributed by atoms with van der Waals surface area (Å²) in [4.78, 5) is 14.4. The van der Waals surface area contributed by atoms with E-state index in [2.05, 4.69) is 20.6 Å². The summed E-state index contributed by atoms with van der Waals surface area (Å²) < 4.78 is 7.22. The molecule has 1 aliphatic rings. The van der Waals surface area contributed by atoms with E-state index in [0.717, 1.165) is 37.2 Å². The number of hydrogen-bond donors (Lipinski definition) is 1. The Hall–Kier alpha value is -3.16. The van der Waals surface area contributed by atoms with Gasteiger partial charge in [-0.1, -0.05) is 0 Å². The zero-order valence-corrected chi connectivity index (χ0v) is 15.4. The van der Waals surface area contributed by atoms with Gasteiger partial charge in [-0.15, -0.1) is 10.2 Å². The molecular weight excluding hydrogens is 344 g/mol. The lowest BCUT2D eigenvalue weighted by molar-refractivity contribution is 0.221. The molecule has 1 aliphatic heterocycles. The first-order chi connectivity index (χ1) is 13.1. The zero-order valence-electron chi connectivity index (χ0n) is 15.4. The van der Waals surface area contributed by atoms with Crippen LogP contribution in [0.2, 0.25) is 0 Å². The van der Waals surface area contributed by atoms with Gasteiger partial charge < -0.3 is 14.6 Å². The third-order valence-electron chi connectivity index (χ3n) is 4.76. The molecule has 1 fully saturated rings. The second-order valence-corrected chi connectivity index (χ2v) is 6.96. The summed E-state index contributed by atoms with van der Waals surface area (Å²) in [5.74, 6) is 1.48. The minimum absolute atomic E-state index is 0.0647. The fourth-order valence-corrected chi connectivity index (χ4v) is 3.41. The summed E-state index contributed by atoms with van der Waals surface area (Å²) in [6, 6.07) is 7.34. The molecule has 2 amide bonds. The predicted octanol–water partition coefficient (Wildman–Crippen LogP) is 2.88. The molecule has 0 spiro atoms. The van der Waals surface area contributed by atoms with Gasteiger partial charge in [0.05, 0.1) is 6.20 Å². The highest BCUT2D eigenvalue weighted by atomic mass is 16.4. The summed E-state index contributed by atoms with van der Waals surface area (Å²) in [5.41, 5.74) is 2.79. The van der Waals surface area contributed by atoms with Crippen molar-refractivity contribution in [2.45, 2.75) is 19.8 Å². The molecule has 8 heteroatoms. The van der Waals surface area contributed by atoms with Gasteiger partial charge in [-0.2, -0.15) is 5.10 Å². The number of carbonyl (C=O) groups is 1. The average Bonchev–Trinajstić information content (AvgIpc) is 3.38. The van der Waals surface area contributed by atoms with E-state index >= 15 is 0 Å². The van der Waals surface area contributed by atoms with Crippen molar-refractivity contribution in [3.63, 3.8) is 0 Å². The Bertz CT molecular complexity index is 930. The van der Waals surface area contributed by atoms with Crippen molar-refractivity contribution in [2.75, 3.05) is 18.4 Å². The topological polar surface area (TPSA) is 89.1 Å². The van der Waals surface area contributed by atoms with Crippen LogP contribution in [0.15, 0.2) is 41.1 Å². The first-order valence-electron chi connectivity index (χ1n) is 9.01. The summed E-state index contributed by atoms with van der Waals surface area (Å²) in [6.07, 6.45) is 5.90. The molecule has 0 radical (unpaired) electrons. The molecule has 3 aromatic rings. The van der Waals surface area contributed by atoms with Gasteiger partial charge in [-0.05, 0) is 48.6 Å². The van der Waals surface area contributed by atoms with Gasteiger partial charge in [0.1, 0.15) is 0 Å². The van der Waals surface area contributed by atoms with Crippen molar-refractivity contribution in [2.24, 2.45) is 13.0 Å². The summed E-state index contributed by atoms with van der Waals surface area (Å²) in [5, 5.41) is 15.0. The van der Waals surface area contributed by atoms with Gasteiger partial charge >= 0.3 is 6.03 Å². The molecule has 27 heavy (non-hydrogen) atoms. The van der Waals surface area contributed by atoms with Gasteiger partial charge in [0, 0.05) is 44.5 Å². The third-order valence-corrected chi connectivity index (χ3v) is 4.76. The van der Waals surface area contributed by atoms with Crippen LogP contribution in [0.3, 0.4) is 0 Å². The van der Waals surface area contributed by atoms with Crippen LogP contribution in [-0.4, -0.2) is 44.0 Å². The number of likely N-dealkylation sites (tertiary alicyclic amines) is 1. The Morgan fingerprint density at radius 2 is 2.11 bits per heavy atom. The lowest BCUT2D eigenvalue weighted by Crippen LogP contribution is -2.33. The Morgan fingerprint density at radius 3 is 2.78 bits per heavy atom. The normalized spacial score (nSPS) is 16.7. The minimum atomic E-state index is -0.0647. The summed E-state index contributed by atoms with van der Waals surface area (Å²) in [6.45, 7) is 3.29. The SMILES string of the molecule is Cc1nnc(-c2ccc(NC(=O)N3CCC(Cc4cnn(C)c4)C3)cc2)o1. The number of benzene rings is 1. The molecule has 1 atom stereocenters. The van der Waals surface area contributed by atoms with Crippen LogP contribution in [0.1, 0.15) is 17.9 Å². The van der Waals surface area contributed by atoms with Crippen molar-refractivity contribution in [1.82, 2.24) is 24.9 Å². The van der Waals surface area contributed by atoms with Crippen molar-refractivity contribution >= 4 is 11.7 Å². The van der Waals surface area contributed by atoms with E-state index in [-0.39, 0.29) is 6.03 Å². The van der Waals surface area contributed by atoms with Crippen LogP contribution in [0.5, 0.6) is 0 Å². The number of rotatable bonds is 4. The molecule has 0 bridgehead atoms. The van der Waals surface area contributed by atoms with Crippen molar-refractivity contribution < 1.29 is 9.21 Å². The largest absolute Gasteiger partial charge is 0.421 e. The number of anilines is 1. The number of amides is 2. The third kappa shape index (κ3) is 3.99. The Morgan fingerprint density at radius 1 is 1.30 bits per heavy atom. The second-order valence-electron chi connectivity index (χ2n) is 6.96. The molecule has 1 N–H and O–H groups in total. The summed E-state index contributed by atoms with van der Waals surface area (Å²) in [7, 11) is 1.92. The molecule has 3 heterocycles. The lowest BCUT2D eigenvalue weighted by Gasteiger charge is -2.17. The van der Waals surface area contributed by atoms with E-state index in [1.54, 1.807) is 6.92 Å². The quantitative estimate of drug-likeness (QED) is 0.767. The monoisotopic (exact) mass is 366 g/mol.